The van der Waals surface area contributed by atoms with E-state index in [0.29, 0.717) is 0 Å². The fourth-order valence-corrected chi connectivity index (χ4v) is 2.92. The first kappa shape index (κ1) is 14.4. The number of aryl methyl sites for hydroxylation is 2. The zero-order valence-electron chi connectivity index (χ0n) is 12.5. The molecule has 0 aromatic carbocycles. The molecule has 1 fully saturated rings. The number of ether oxygens (including phenoxy) is 1. The molecule has 0 spiro atoms. The van der Waals surface area contributed by atoms with Crippen molar-refractivity contribution in [3.63, 3.8) is 0 Å². The number of anilines is 1. The molecule has 2 rings (SSSR count). The van der Waals surface area contributed by atoms with E-state index in [4.69, 9.17) is 4.74 Å². The summed E-state index contributed by atoms with van der Waals surface area (Å²) in [6.07, 6.45) is 9.67. The molecule has 1 N–H and O–H groups in total. The lowest BCUT2D eigenvalue weighted by Crippen LogP contribution is -2.37. The molecule has 0 amide bonds. The molecular weight excluding hydrogens is 238 g/mol. The molecule has 0 bridgehead atoms. The molecular formula is C15H27N3O. The number of imidazole rings is 1. The number of hydrogen-bond donors (Lipinski definition) is 1. The first-order valence-corrected chi connectivity index (χ1v) is 7.44. The number of hydrogen-bond acceptors (Lipinski definition) is 3. The first-order valence-electron chi connectivity index (χ1n) is 7.44. The largest absolute Gasteiger partial charge is 0.385 e. The smallest absolute Gasteiger partial charge is 0.203 e. The highest BCUT2D eigenvalue weighted by Crippen LogP contribution is 2.31. The topological polar surface area (TPSA) is 39.1 Å². The molecule has 0 unspecified atom stereocenters. The van der Waals surface area contributed by atoms with Crippen LogP contribution in [0.3, 0.4) is 0 Å². The van der Waals surface area contributed by atoms with E-state index in [2.05, 4.69) is 34.9 Å². The lowest BCUT2D eigenvalue weighted by atomic mass is 9.83. The first-order chi connectivity index (χ1) is 9.13. The van der Waals surface area contributed by atoms with Crippen molar-refractivity contribution in [3.8, 4) is 0 Å². The van der Waals surface area contributed by atoms with Gasteiger partial charge in [0.1, 0.15) is 0 Å². The molecule has 1 aliphatic rings. The van der Waals surface area contributed by atoms with Crippen molar-refractivity contribution in [2.75, 3.05) is 19.0 Å². The van der Waals surface area contributed by atoms with Gasteiger partial charge in [0.15, 0.2) is 0 Å². The van der Waals surface area contributed by atoms with Gasteiger partial charge in [-0.15, -0.1) is 0 Å². The van der Waals surface area contributed by atoms with E-state index in [9.17, 15) is 0 Å². The molecule has 108 valence electrons. The highest BCUT2D eigenvalue weighted by Gasteiger charge is 2.27. The number of rotatable bonds is 6. The van der Waals surface area contributed by atoms with E-state index in [0.717, 1.165) is 31.2 Å². The second-order valence-electron chi connectivity index (χ2n) is 5.99. The lowest BCUT2D eigenvalue weighted by Gasteiger charge is -2.35. The number of nitrogens with one attached hydrogen (secondary N) is 1. The summed E-state index contributed by atoms with van der Waals surface area (Å²) in [4.78, 5) is 4.64. The summed E-state index contributed by atoms with van der Waals surface area (Å²) < 4.78 is 7.36. The zero-order chi connectivity index (χ0) is 13.7. The fourth-order valence-electron chi connectivity index (χ4n) is 2.92. The summed E-state index contributed by atoms with van der Waals surface area (Å²) in [7, 11) is 1.75. The summed E-state index contributed by atoms with van der Waals surface area (Å²) in [5.41, 5.74) is 1.30. The highest BCUT2D eigenvalue weighted by atomic mass is 16.5. The van der Waals surface area contributed by atoms with Gasteiger partial charge in [-0.2, -0.15) is 0 Å². The van der Waals surface area contributed by atoms with Crippen molar-refractivity contribution >= 4 is 5.95 Å². The Morgan fingerprint density at radius 3 is 2.79 bits per heavy atom. The van der Waals surface area contributed by atoms with E-state index >= 15 is 0 Å². The Hall–Kier alpha value is -1.03. The van der Waals surface area contributed by atoms with Crippen LogP contribution < -0.4 is 5.32 Å². The molecule has 1 saturated carbocycles. The summed E-state index contributed by atoms with van der Waals surface area (Å²) in [6, 6.07) is 0. The van der Waals surface area contributed by atoms with Gasteiger partial charge in [-0.05, 0) is 33.1 Å². The van der Waals surface area contributed by atoms with Crippen molar-refractivity contribution in [2.24, 2.45) is 0 Å². The molecule has 1 heterocycles. The second kappa shape index (κ2) is 6.42. The molecule has 0 atom stereocenters. The molecule has 19 heavy (non-hydrogen) atoms. The van der Waals surface area contributed by atoms with Crippen LogP contribution in [0.15, 0.2) is 6.20 Å². The molecule has 0 radical (unpaired) electrons. The molecule has 4 nitrogen and oxygen atoms in total. The van der Waals surface area contributed by atoms with Crippen molar-refractivity contribution in [2.45, 2.75) is 64.5 Å². The molecule has 1 aromatic rings. The van der Waals surface area contributed by atoms with Crippen LogP contribution in [-0.4, -0.2) is 28.8 Å². The van der Waals surface area contributed by atoms with Gasteiger partial charge in [0.05, 0.1) is 5.69 Å². The van der Waals surface area contributed by atoms with Crippen LogP contribution in [0.1, 0.15) is 51.1 Å². The van der Waals surface area contributed by atoms with Crippen LogP contribution in [0, 0.1) is 6.92 Å². The third kappa shape index (κ3) is 3.96. The van der Waals surface area contributed by atoms with Gasteiger partial charge < -0.3 is 14.6 Å². The minimum Gasteiger partial charge on any atom is -0.385 e. The summed E-state index contributed by atoms with van der Waals surface area (Å²) in [5, 5.41) is 3.68. The van der Waals surface area contributed by atoms with Gasteiger partial charge in [0, 0.05) is 32.0 Å². The van der Waals surface area contributed by atoms with Gasteiger partial charge in [0.2, 0.25) is 5.95 Å². The third-order valence-electron chi connectivity index (χ3n) is 4.02. The number of nitrogens with zero attached hydrogens (tertiary/aromatic N) is 2. The SMILES string of the molecule is COCCCn1cc(C)nc1NC1(C)CCCCC1. The Balaban J connectivity index is 2.02. The maximum atomic E-state index is 5.13. The van der Waals surface area contributed by atoms with E-state index in [-0.39, 0.29) is 5.54 Å². The molecule has 4 heteroatoms. The highest BCUT2D eigenvalue weighted by molar-refractivity contribution is 5.33. The summed E-state index contributed by atoms with van der Waals surface area (Å²) >= 11 is 0. The molecule has 1 aromatic heterocycles. The van der Waals surface area contributed by atoms with Gasteiger partial charge >= 0.3 is 0 Å². The minimum absolute atomic E-state index is 0.217. The van der Waals surface area contributed by atoms with E-state index < -0.39 is 0 Å². The van der Waals surface area contributed by atoms with Crippen LogP contribution in [0.25, 0.3) is 0 Å². The van der Waals surface area contributed by atoms with Crippen LogP contribution in [0.5, 0.6) is 0 Å². The van der Waals surface area contributed by atoms with Crippen LogP contribution in [0.2, 0.25) is 0 Å². The summed E-state index contributed by atoms with van der Waals surface area (Å²) in [5.74, 6) is 1.03. The van der Waals surface area contributed by atoms with Crippen molar-refractivity contribution in [1.29, 1.82) is 0 Å². The van der Waals surface area contributed by atoms with Crippen molar-refractivity contribution in [3.05, 3.63) is 11.9 Å². The van der Waals surface area contributed by atoms with E-state index in [1.54, 1.807) is 7.11 Å². The minimum atomic E-state index is 0.217. The van der Waals surface area contributed by atoms with Crippen LogP contribution in [0.4, 0.5) is 5.95 Å². The fraction of sp³-hybridized carbons (Fsp3) is 0.800. The maximum absolute atomic E-state index is 5.13. The Bertz CT molecular complexity index is 394. The van der Waals surface area contributed by atoms with Crippen LogP contribution in [-0.2, 0) is 11.3 Å². The Morgan fingerprint density at radius 1 is 1.37 bits per heavy atom. The van der Waals surface area contributed by atoms with Crippen LogP contribution >= 0.6 is 0 Å². The Morgan fingerprint density at radius 2 is 2.11 bits per heavy atom. The summed E-state index contributed by atoms with van der Waals surface area (Å²) in [6.45, 7) is 6.15. The van der Waals surface area contributed by atoms with E-state index in [1.165, 1.54) is 32.1 Å². The van der Waals surface area contributed by atoms with Crippen molar-refractivity contribution in [1.82, 2.24) is 9.55 Å². The lowest BCUT2D eigenvalue weighted by molar-refractivity contribution is 0.190. The monoisotopic (exact) mass is 265 g/mol. The van der Waals surface area contributed by atoms with Gasteiger partial charge in [0.25, 0.3) is 0 Å². The quantitative estimate of drug-likeness (QED) is 0.802. The maximum Gasteiger partial charge on any atom is 0.203 e. The third-order valence-corrected chi connectivity index (χ3v) is 4.02. The van der Waals surface area contributed by atoms with Gasteiger partial charge in [-0.1, -0.05) is 19.3 Å². The molecule has 0 saturated heterocycles. The average molecular weight is 265 g/mol. The zero-order valence-corrected chi connectivity index (χ0v) is 12.5. The number of aromatic nitrogens is 2. The van der Waals surface area contributed by atoms with Gasteiger partial charge in [-0.3, -0.25) is 0 Å². The average Bonchev–Trinajstić information content (AvgIpc) is 2.70. The molecule has 0 aliphatic heterocycles. The van der Waals surface area contributed by atoms with Gasteiger partial charge in [-0.25, -0.2) is 4.98 Å². The van der Waals surface area contributed by atoms with E-state index in [1.807, 2.05) is 0 Å². The predicted molar refractivity (Wildman–Crippen MR) is 78.6 cm³/mol. The normalized spacial score (nSPS) is 18.5. The molecule has 1 aliphatic carbocycles. The second-order valence-corrected chi connectivity index (χ2v) is 5.99. The Kier molecular flexibility index (Phi) is 4.86. The number of methoxy groups -OCH3 is 1. The predicted octanol–water partition coefficient (Wildman–Crippen LogP) is 3.36. The standard InChI is InChI=1S/C15H27N3O/c1-13-12-18(10-7-11-19-3)14(16-13)17-15(2)8-5-4-6-9-15/h12H,4-11H2,1-3H3,(H,16,17). The van der Waals surface area contributed by atoms with Crippen molar-refractivity contribution < 1.29 is 4.74 Å². The Labute approximate surface area is 116 Å².